The second-order valence-electron chi connectivity index (χ2n) is 1.80. The number of aromatic nitrogens is 2. The van der Waals surface area contributed by atoms with Gasteiger partial charge in [0.05, 0.1) is 6.61 Å². The predicted octanol–water partition coefficient (Wildman–Crippen LogP) is 0.583. The lowest BCUT2D eigenvalue weighted by Gasteiger charge is -2.03. The summed E-state index contributed by atoms with van der Waals surface area (Å²) < 4.78 is 6.03. The van der Waals surface area contributed by atoms with Crippen LogP contribution in [-0.4, -0.2) is 22.4 Å². The Morgan fingerprint density at radius 2 is 2.64 bits per heavy atom. The van der Waals surface area contributed by atoms with E-state index in [2.05, 4.69) is 15.1 Å². The van der Waals surface area contributed by atoms with Gasteiger partial charge in [-0.2, -0.15) is 0 Å². The van der Waals surface area contributed by atoms with Crippen LogP contribution in [0.2, 0.25) is 0 Å². The Labute approximate surface area is 64.0 Å². The first kappa shape index (κ1) is 7.59. The molecule has 0 unspecified atom stereocenters. The summed E-state index contributed by atoms with van der Waals surface area (Å²) in [6, 6.07) is 0. The van der Waals surface area contributed by atoms with Crippen molar-refractivity contribution < 1.29 is 9.53 Å². The molecular formula is C6H9N3O2. The normalized spacial score (nSPS) is 9.18. The summed E-state index contributed by atoms with van der Waals surface area (Å²) in [5.41, 5.74) is 2.42. The topological polar surface area (TPSA) is 56.1 Å². The lowest BCUT2D eigenvalue weighted by atomic mass is 10.9. The zero-order chi connectivity index (χ0) is 8.10. The van der Waals surface area contributed by atoms with Crippen LogP contribution in [0, 0.1) is 0 Å². The molecular weight excluding hydrogens is 146 g/mol. The van der Waals surface area contributed by atoms with Crippen molar-refractivity contribution in [3.05, 3.63) is 18.7 Å². The van der Waals surface area contributed by atoms with Crippen molar-refractivity contribution in [2.24, 2.45) is 0 Å². The highest BCUT2D eigenvalue weighted by Crippen LogP contribution is 1.82. The van der Waals surface area contributed by atoms with Crippen molar-refractivity contribution in [2.45, 2.75) is 6.92 Å². The lowest BCUT2D eigenvalue weighted by molar-refractivity contribution is 0.164. The largest absolute Gasteiger partial charge is 0.449 e. The quantitative estimate of drug-likeness (QED) is 0.679. The molecule has 0 fully saturated rings. The van der Waals surface area contributed by atoms with Crippen molar-refractivity contribution in [1.82, 2.24) is 9.66 Å². The maximum Gasteiger partial charge on any atom is 0.426 e. The van der Waals surface area contributed by atoms with Gasteiger partial charge in [-0.25, -0.2) is 19.9 Å². The summed E-state index contributed by atoms with van der Waals surface area (Å²) in [5.74, 6) is 0. The fraction of sp³-hybridized carbons (Fsp3) is 0.333. The molecule has 0 saturated carbocycles. The van der Waals surface area contributed by atoms with E-state index >= 15 is 0 Å². The highest BCUT2D eigenvalue weighted by molar-refractivity contribution is 5.75. The van der Waals surface area contributed by atoms with Gasteiger partial charge < -0.3 is 4.74 Å². The molecule has 0 aliphatic rings. The molecule has 0 atom stereocenters. The van der Waals surface area contributed by atoms with E-state index in [0.29, 0.717) is 6.61 Å². The molecule has 1 aromatic heterocycles. The fourth-order valence-electron chi connectivity index (χ4n) is 0.594. The van der Waals surface area contributed by atoms with E-state index in [1.165, 1.54) is 11.0 Å². The average molecular weight is 155 g/mol. The highest BCUT2D eigenvalue weighted by atomic mass is 16.5. The van der Waals surface area contributed by atoms with Crippen LogP contribution in [0.4, 0.5) is 4.79 Å². The van der Waals surface area contributed by atoms with Gasteiger partial charge in [0, 0.05) is 12.4 Å². The number of hydrogen-bond donors (Lipinski definition) is 1. The second kappa shape index (κ2) is 3.60. The summed E-state index contributed by atoms with van der Waals surface area (Å²) >= 11 is 0. The third-order valence-corrected chi connectivity index (χ3v) is 1.00. The van der Waals surface area contributed by atoms with Gasteiger partial charge in [0.2, 0.25) is 0 Å². The van der Waals surface area contributed by atoms with Gasteiger partial charge in [0.15, 0.2) is 0 Å². The Morgan fingerprint density at radius 3 is 3.18 bits per heavy atom. The van der Waals surface area contributed by atoms with Crippen LogP contribution < -0.4 is 5.43 Å². The molecule has 60 valence electrons. The van der Waals surface area contributed by atoms with Gasteiger partial charge in [-0.15, -0.1) is 0 Å². The summed E-state index contributed by atoms with van der Waals surface area (Å²) in [6.45, 7) is 2.11. The van der Waals surface area contributed by atoms with Crippen LogP contribution >= 0.6 is 0 Å². The molecule has 1 amide bonds. The number of amides is 1. The van der Waals surface area contributed by atoms with E-state index in [0.717, 1.165) is 0 Å². The number of nitrogens with zero attached hydrogens (tertiary/aromatic N) is 2. The third kappa shape index (κ3) is 2.29. The molecule has 0 aliphatic carbocycles. The molecule has 0 radical (unpaired) electrons. The molecule has 0 saturated heterocycles. The Balaban J connectivity index is 2.37. The Bertz CT molecular complexity index is 220. The van der Waals surface area contributed by atoms with Crippen LogP contribution in [0.5, 0.6) is 0 Å². The molecule has 5 heteroatoms. The maximum atomic E-state index is 10.7. The molecule has 0 aliphatic heterocycles. The minimum absolute atomic E-state index is 0.362. The smallest absolute Gasteiger partial charge is 0.426 e. The minimum atomic E-state index is -0.481. The van der Waals surface area contributed by atoms with E-state index in [-0.39, 0.29) is 0 Å². The summed E-state index contributed by atoms with van der Waals surface area (Å²) in [7, 11) is 0. The average Bonchev–Trinajstić information content (AvgIpc) is 2.40. The third-order valence-electron chi connectivity index (χ3n) is 1.00. The van der Waals surface area contributed by atoms with E-state index in [1.54, 1.807) is 19.3 Å². The summed E-state index contributed by atoms with van der Waals surface area (Å²) in [5, 5.41) is 0. The number of carbonyl (C=O) groups is 1. The van der Waals surface area contributed by atoms with Crippen molar-refractivity contribution in [3.63, 3.8) is 0 Å². The summed E-state index contributed by atoms with van der Waals surface area (Å²) in [4.78, 5) is 14.5. The van der Waals surface area contributed by atoms with Crippen LogP contribution in [0.3, 0.4) is 0 Å². The van der Waals surface area contributed by atoms with Crippen LogP contribution in [0.1, 0.15) is 6.92 Å². The number of carbonyl (C=O) groups excluding carboxylic acids is 1. The first-order valence-electron chi connectivity index (χ1n) is 3.24. The van der Waals surface area contributed by atoms with E-state index in [9.17, 15) is 4.79 Å². The molecule has 0 aromatic carbocycles. The molecule has 5 nitrogen and oxygen atoms in total. The number of imidazole rings is 1. The Hall–Kier alpha value is -1.52. The van der Waals surface area contributed by atoms with Crippen molar-refractivity contribution in [2.75, 3.05) is 12.0 Å². The summed E-state index contributed by atoms with van der Waals surface area (Å²) in [6.07, 6.45) is 4.16. The number of rotatable bonds is 2. The van der Waals surface area contributed by atoms with Crippen molar-refractivity contribution in [3.8, 4) is 0 Å². The molecule has 1 aromatic rings. The second-order valence-corrected chi connectivity index (χ2v) is 1.80. The molecule has 1 heterocycles. The van der Waals surface area contributed by atoms with Crippen LogP contribution in [0.15, 0.2) is 18.7 Å². The minimum Gasteiger partial charge on any atom is -0.449 e. The first-order valence-corrected chi connectivity index (χ1v) is 3.24. The molecule has 1 rings (SSSR count). The molecule has 1 N–H and O–H groups in total. The number of ether oxygens (including phenoxy) is 1. The van der Waals surface area contributed by atoms with Crippen LogP contribution in [-0.2, 0) is 4.74 Å². The Kier molecular flexibility index (Phi) is 2.48. The number of hydrogen-bond acceptors (Lipinski definition) is 3. The predicted molar refractivity (Wildman–Crippen MR) is 38.6 cm³/mol. The van der Waals surface area contributed by atoms with E-state index < -0.39 is 6.09 Å². The van der Waals surface area contributed by atoms with E-state index in [4.69, 9.17) is 0 Å². The van der Waals surface area contributed by atoms with Gasteiger partial charge in [0.25, 0.3) is 0 Å². The zero-order valence-corrected chi connectivity index (χ0v) is 6.15. The standard InChI is InChI=1S/C6H9N3O2/c1-2-11-6(10)8-9-4-3-7-5-9/h3-5H,2H2,1H3,(H,8,10). The molecule has 0 bridgehead atoms. The zero-order valence-electron chi connectivity index (χ0n) is 6.15. The van der Waals surface area contributed by atoms with Crippen molar-refractivity contribution >= 4 is 6.09 Å². The van der Waals surface area contributed by atoms with E-state index in [1.807, 2.05) is 0 Å². The van der Waals surface area contributed by atoms with Crippen molar-refractivity contribution in [1.29, 1.82) is 0 Å². The molecule has 0 spiro atoms. The number of nitrogens with one attached hydrogen (secondary N) is 1. The lowest BCUT2D eigenvalue weighted by Crippen LogP contribution is -2.22. The first-order chi connectivity index (χ1) is 5.33. The van der Waals surface area contributed by atoms with Gasteiger partial charge in [-0.05, 0) is 6.92 Å². The highest BCUT2D eigenvalue weighted by Gasteiger charge is 1.97. The monoisotopic (exact) mass is 155 g/mol. The SMILES string of the molecule is CCOC(=O)Nn1ccnc1. The van der Waals surface area contributed by atoms with Gasteiger partial charge in [0.1, 0.15) is 6.33 Å². The van der Waals surface area contributed by atoms with Gasteiger partial charge >= 0.3 is 6.09 Å². The molecule has 11 heavy (non-hydrogen) atoms. The fourth-order valence-corrected chi connectivity index (χ4v) is 0.594. The van der Waals surface area contributed by atoms with Crippen LogP contribution in [0.25, 0.3) is 0 Å². The van der Waals surface area contributed by atoms with Gasteiger partial charge in [-0.3, -0.25) is 0 Å². The van der Waals surface area contributed by atoms with Gasteiger partial charge in [-0.1, -0.05) is 0 Å². The Morgan fingerprint density at radius 1 is 1.82 bits per heavy atom. The maximum absolute atomic E-state index is 10.7.